The van der Waals surface area contributed by atoms with Crippen LogP contribution in [0.5, 0.6) is 0 Å². The summed E-state index contributed by atoms with van der Waals surface area (Å²) in [6.45, 7) is 0. The van der Waals surface area contributed by atoms with Crippen molar-refractivity contribution in [3.05, 3.63) is 66.9 Å². The number of hydrogen-bond acceptors (Lipinski definition) is 7. The summed E-state index contributed by atoms with van der Waals surface area (Å²) in [5, 5.41) is 17.7. The molecular weight excluding hydrogens is 378 g/mol. The van der Waals surface area contributed by atoms with Crippen LogP contribution in [0, 0.1) is 0 Å². The van der Waals surface area contributed by atoms with Crippen LogP contribution in [-0.2, 0) is 10.0 Å². The highest BCUT2D eigenvalue weighted by molar-refractivity contribution is 7.89. The molecule has 0 aliphatic rings. The standard InChI is InChI=1S/C18H15N7O2S/c19-17-16(23-22-13-7-4-8-14(11-13)28(20,26)27)18-21-10-9-15(25(18)24-17)12-5-2-1-3-6-12/h1-11H,(H2,19,24)(H2,20,26,27). The van der Waals surface area contributed by atoms with Gasteiger partial charge in [0.25, 0.3) is 0 Å². The summed E-state index contributed by atoms with van der Waals surface area (Å²) >= 11 is 0. The van der Waals surface area contributed by atoms with Gasteiger partial charge < -0.3 is 5.73 Å². The molecule has 4 aromatic rings. The van der Waals surface area contributed by atoms with Crippen LogP contribution >= 0.6 is 0 Å². The fourth-order valence-corrected chi connectivity index (χ4v) is 3.26. The molecule has 0 atom stereocenters. The Morgan fingerprint density at radius 3 is 2.50 bits per heavy atom. The van der Waals surface area contributed by atoms with Gasteiger partial charge in [0.15, 0.2) is 17.2 Å². The Hall–Kier alpha value is -3.63. The Balaban J connectivity index is 1.78. The highest BCUT2D eigenvalue weighted by Crippen LogP contribution is 2.31. The Morgan fingerprint density at radius 1 is 0.964 bits per heavy atom. The number of nitrogens with zero attached hydrogens (tertiary/aromatic N) is 5. The van der Waals surface area contributed by atoms with E-state index in [0.29, 0.717) is 17.0 Å². The number of aromatic nitrogens is 3. The van der Waals surface area contributed by atoms with E-state index in [-0.39, 0.29) is 10.7 Å². The zero-order chi connectivity index (χ0) is 19.7. The third-order valence-corrected chi connectivity index (χ3v) is 4.91. The number of sulfonamides is 1. The lowest BCUT2D eigenvalue weighted by Crippen LogP contribution is -2.11. The lowest BCUT2D eigenvalue weighted by molar-refractivity contribution is 0.598. The number of anilines is 1. The molecule has 2 heterocycles. The molecular formula is C18H15N7O2S. The molecule has 0 radical (unpaired) electrons. The predicted octanol–water partition coefficient (Wildman–Crippen LogP) is 3.04. The van der Waals surface area contributed by atoms with Crippen LogP contribution in [0.4, 0.5) is 17.2 Å². The summed E-state index contributed by atoms with van der Waals surface area (Å²) in [4.78, 5) is 4.25. The van der Waals surface area contributed by atoms with Crippen LogP contribution in [0.25, 0.3) is 16.9 Å². The normalized spacial score (nSPS) is 12.0. The first-order chi connectivity index (χ1) is 13.4. The second kappa shape index (κ2) is 6.83. The Labute approximate surface area is 160 Å². The van der Waals surface area contributed by atoms with E-state index >= 15 is 0 Å². The second-order valence-electron chi connectivity index (χ2n) is 5.91. The molecule has 4 N–H and O–H groups in total. The van der Waals surface area contributed by atoms with Gasteiger partial charge in [-0.2, -0.15) is 5.11 Å². The summed E-state index contributed by atoms with van der Waals surface area (Å²) < 4.78 is 24.6. The summed E-state index contributed by atoms with van der Waals surface area (Å²) in [6.07, 6.45) is 1.64. The van der Waals surface area contributed by atoms with Crippen LogP contribution in [0.3, 0.4) is 0 Å². The molecule has 4 rings (SSSR count). The van der Waals surface area contributed by atoms with Gasteiger partial charge in [-0.15, -0.1) is 10.2 Å². The maximum absolute atomic E-state index is 11.5. The van der Waals surface area contributed by atoms with Crippen molar-refractivity contribution in [2.24, 2.45) is 15.4 Å². The quantitative estimate of drug-likeness (QED) is 0.513. The number of fused-ring (bicyclic) bond motifs is 1. The first kappa shape index (κ1) is 17.8. The first-order valence-electron chi connectivity index (χ1n) is 8.17. The lowest BCUT2D eigenvalue weighted by Gasteiger charge is -2.03. The molecule has 0 aliphatic carbocycles. The molecule has 2 aromatic heterocycles. The topological polar surface area (TPSA) is 141 Å². The molecule has 9 nitrogen and oxygen atoms in total. The SMILES string of the molecule is Nc1nn2c(-c3ccccc3)ccnc2c1N=Nc1cccc(S(N)(=O)=O)c1. The van der Waals surface area contributed by atoms with Gasteiger partial charge in [-0.05, 0) is 24.3 Å². The van der Waals surface area contributed by atoms with Crippen molar-refractivity contribution in [1.82, 2.24) is 14.6 Å². The van der Waals surface area contributed by atoms with E-state index < -0.39 is 10.0 Å². The Morgan fingerprint density at radius 2 is 1.75 bits per heavy atom. The first-order valence-corrected chi connectivity index (χ1v) is 9.71. The largest absolute Gasteiger partial charge is 0.380 e. The Bertz CT molecular complexity index is 1300. The van der Waals surface area contributed by atoms with E-state index in [2.05, 4.69) is 20.3 Å². The lowest BCUT2D eigenvalue weighted by atomic mass is 10.1. The van der Waals surface area contributed by atoms with E-state index in [1.165, 1.54) is 18.2 Å². The predicted molar refractivity (Wildman–Crippen MR) is 105 cm³/mol. The number of primary sulfonamides is 1. The average Bonchev–Trinajstić information content (AvgIpc) is 3.01. The molecule has 140 valence electrons. The van der Waals surface area contributed by atoms with Gasteiger partial charge in [0.2, 0.25) is 10.0 Å². The summed E-state index contributed by atoms with van der Waals surface area (Å²) in [5.41, 5.74) is 8.80. The molecule has 0 bridgehead atoms. The highest BCUT2D eigenvalue weighted by atomic mass is 32.2. The van der Waals surface area contributed by atoms with Gasteiger partial charge in [0.05, 0.1) is 16.3 Å². The van der Waals surface area contributed by atoms with Crippen molar-refractivity contribution < 1.29 is 8.42 Å². The van der Waals surface area contributed by atoms with Crippen molar-refractivity contribution in [1.29, 1.82) is 0 Å². The van der Waals surface area contributed by atoms with Crippen LogP contribution in [0.2, 0.25) is 0 Å². The van der Waals surface area contributed by atoms with Gasteiger partial charge in [-0.1, -0.05) is 36.4 Å². The van der Waals surface area contributed by atoms with Crippen LogP contribution in [-0.4, -0.2) is 23.0 Å². The van der Waals surface area contributed by atoms with E-state index in [4.69, 9.17) is 10.9 Å². The number of nitrogens with two attached hydrogens (primary N) is 2. The number of nitrogen functional groups attached to an aromatic ring is 1. The van der Waals surface area contributed by atoms with Crippen molar-refractivity contribution >= 4 is 32.9 Å². The van der Waals surface area contributed by atoms with E-state index in [0.717, 1.165) is 11.3 Å². The fraction of sp³-hybridized carbons (Fsp3) is 0. The van der Waals surface area contributed by atoms with Crippen molar-refractivity contribution in [3.63, 3.8) is 0 Å². The van der Waals surface area contributed by atoms with E-state index in [1.807, 2.05) is 36.4 Å². The third-order valence-electron chi connectivity index (χ3n) is 4.00. The maximum atomic E-state index is 11.5. The van der Waals surface area contributed by atoms with Gasteiger partial charge in [-0.3, -0.25) is 0 Å². The highest BCUT2D eigenvalue weighted by Gasteiger charge is 2.15. The van der Waals surface area contributed by atoms with Gasteiger partial charge in [-0.25, -0.2) is 23.1 Å². The molecule has 28 heavy (non-hydrogen) atoms. The van der Waals surface area contributed by atoms with Gasteiger partial charge in [0.1, 0.15) is 0 Å². The molecule has 0 unspecified atom stereocenters. The van der Waals surface area contributed by atoms with E-state index in [9.17, 15) is 8.42 Å². The monoisotopic (exact) mass is 393 g/mol. The van der Waals surface area contributed by atoms with Crippen molar-refractivity contribution in [3.8, 4) is 11.3 Å². The molecule has 0 saturated heterocycles. The smallest absolute Gasteiger partial charge is 0.238 e. The summed E-state index contributed by atoms with van der Waals surface area (Å²) in [7, 11) is -3.83. The maximum Gasteiger partial charge on any atom is 0.238 e. The molecule has 2 aromatic carbocycles. The van der Waals surface area contributed by atoms with Gasteiger partial charge >= 0.3 is 0 Å². The number of hydrogen-bond donors (Lipinski definition) is 2. The minimum absolute atomic E-state index is 0.0544. The summed E-state index contributed by atoms with van der Waals surface area (Å²) in [6, 6.07) is 17.3. The summed E-state index contributed by atoms with van der Waals surface area (Å²) in [5.74, 6) is 0.155. The molecule has 0 saturated carbocycles. The minimum Gasteiger partial charge on any atom is -0.380 e. The molecule has 0 fully saturated rings. The van der Waals surface area contributed by atoms with Crippen molar-refractivity contribution in [2.75, 3.05) is 5.73 Å². The van der Waals surface area contributed by atoms with Gasteiger partial charge in [0, 0.05) is 11.8 Å². The molecule has 0 amide bonds. The number of benzene rings is 2. The zero-order valence-electron chi connectivity index (χ0n) is 14.5. The second-order valence-corrected chi connectivity index (χ2v) is 7.47. The molecule has 0 aliphatic heterocycles. The third kappa shape index (κ3) is 3.33. The number of rotatable bonds is 4. The van der Waals surface area contributed by atoms with Crippen molar-refractivity contribution in [2.45, 2.75) is 4.90 Å². The van der Waals surface area contributed by atoms with E-state index in [1.54, 1.807) is 16.8 Å². The number of azo groups is 1. The Kier molecular flexibility index (Phi) is 4.34. The van der Waals surface area contributed by atoms with Crippen LogP contribution in [0.15, 0.2) is 82.0 Å². The molecule has 10 heteroatoms. The minimum atomic E-state index is -3.83. The van der Waals surface area contributed by atoms with Crippen LogP contribution < -0.4 is 10.9 Å². The fourth-order valence-electron chi connectivity index (χ4n) is 2.70. The zero-order valence-corrected chi connectivity index (χ0v) is 15.3. The average molecular weight is 393 g/mol. The molecule has 0 spiro atoms. The van der Waals surface area contributed by atoms with Crippen LogP contribution in [0.1, 0.15) is 0 Å².